The summed E-state index contributed by atoms with van der Waals surface area (Å²) in [5.74, 6) is 1.39. The molecular formula is C41H38N4OPt. The van der Waals surface area contributed by atoms with E-state index in [1.54, 1.807) is 6.07 Å². The molecule has 0 atom stereocenters. The van der Waals surface area contributed by atoms with Crippen molar-refractivity contribution in [1.29, 1.82) is 0 Å². The zero-order valence-corrected chi connectivity index (χ0v) is 29.5. The van der Waals surface area contributed by atoms with Gasteiger partial charge in [0.1, 0.15) is 11.6 Å². The molecule has 238 valence electrons. The van der Waals surface area contributed by atoms with Crippen molar-refractivity contribution in [3.05, 3.63) is 139 Å². The van der Waals surface area contributed by atoms with Gasteiger partial charge < -0.3 is 19.5 Å². The average molecular weight is 798 g/mol. The molecule has 6 aromatic rings. The maximum absolute atomic E-state index is 11.1. The van der Waals surface area contributed by atoms with Gasteiger partial charge in [-0.25, -0.2) is 0 Å². The van der Waals surface area contributed by atoms with Gasteiger partial charge in [-0.3, -0.25) is 4.98 Å². The third-order valence-corrected chi connectivity index (χ3v) is 8.74. The molecule has 5 aromatic carbocycles. The van der Waals surface area contributed by atoms with Gasteiger partial charge in [0.05, 0.1) is 11.3 Å². The van der Waals surface area contributed by atoms with Crippen molar-refractivity contribution in [3.8, 4) is 45.2 Å². The fourth-order valence-electron chi connectivity index (χ4n) is 6.37. The zero-order valence-electron chi connectivity index (χ0n) is 27.3. The quantitative estimate of drug-likeness (QED) is 0.164. The Bertz CT molecular complexity index is 2000. The van der Waals surface area contributed by atoms with Gasteiger partial charge in [0.15, 0.2) is 0 Å². The minimum Gasteiger partial charge on any atom is -0.507 e. The molecule has 0 radical (unpaired) electrons. The Morgan fingerprint density at radius 2 is 1.36 bits per heavy atom. The van der Waals surface area contributed by atoms with Gasteiger partial charge in [0.25, 0.3) is 0 Å². The first-order valence-corrected chi connectivity index (χ1v) is 15.9. The number of imidazole rings is 1. The predicted molar refractivity (Wildman–Crippen MR) is 190 cm³/mol. The molecule has 0 unspecified atom stereocenters. The van der Waals surface area contributed by atoms with E-state index >= 15 is 0 Å². The first-order chi connectivity index (χ1) is 22.3. The summed E-state index contributed by atoms with van der Waals surface area (Å²) in [5.41, 5.74) is 11.5. The van der Waals surface area contributed by atoms with Crippen molar-refractivity contribution in [3.63, 3.8) is 0 Å². The van der Waals surface area contributed by atoms with Gasteiger partial charge in [-0.05, 0) is 83.7 Å². The minimum absolute atomic E-state index is 0. The van der Waals surface area contributed by atoms with Gasteiger partial charge in [-0.1, -0.05) is 88.0 Å². The molecule has 5 nitrogen and oxygen atoms in total. The van der Waals surface area contributed by atoms with Crippen LogP contribution in [0.2, 0.25) is 0 Å². The number of aromatic hydroxyl groups is 1. The van der Waals surface area contributed by atoms with E-state index in [0.717, 1.165) is 34.0 Å². The van der Waals surface area contributed by atoms with E-state index in [9.17, 15) is 5.11 Å². The SMILES string of the molecule is CC(C)c1cc(-c2ccccc2)cc(C(C)C)c1-n1cc(-c2[c-]c(N3[CH-]N(C)c4ccccc43)ccc2)nc1-c1ccccc1O.[Pt+2]. The second-order valence-corrected chi connectivity index (χ2v) is 12.6. The molecule has 1 aliphatic rings. The Balaban J connectivity index is 0.00000386. The van der Waals surface area contributed by atoms with Crippen LogP contribution in [-0.2, 0) is 21.1 Å². The Morgan fingerprint density at radius 1 is 0.723 bits per heavy atom. The van der Waals surface area contributed by atoms with E-state index in [0.29, 0.717) is 11.4 Å². The third kappa shape index (κ3) is 6.01. The van der Waals surface area contributed by atoms with Crippen LogP contribution in [-0.4, -0.2) is 21.7 Å². The topological polar surface area (TPSA) is 44.5 Å². The molecule has 7 rings (SSSR count). The molecule has 47 heavy (non-hydrogen) atoms. The van der Waals surface area contributed by atoms with E-state index in [4.69, 9.17) is 4.98 Å². The Kier molecular flexibility index (Phi) is 9.12. The van der Waals surface area contributed by atoms with Crippen LogP contribution in [0.5, 0.6) is 5.75 Å². The van der Waals surface area contributed by atoms with E-state index in [1.165, 1.54) is 22.3 Å². The molecule has 2 heterocycles. The van der Waals surface area contributed by atoms with Gasteiger partial charge in [0.2, 0.25) is 0 Å². The Hall–Kier alpha value is -4.60. The number of aromatic nitrogens is 2. The van der Waals surface area contributed by atoms with Crippen molar-refractivity contribution in [2.75, 3.05) is 16.8 Å². The summed E-state index contributed by atoms with van der Waals surface area (Å²) in [6.45, 7) is 11.1. The molecule has 0 saturated carbocycles. The first kappa shape index (κ1) is 32.3. The largest absolute Gasteiger partial charge is 2.00 e. The van der Waals surface area contributed by atoms with Gasteiger partial charge in [0, 0.05) is 17.1 Å². The summed E-state index contributed by atoms with van der Waals surface area (Å²) in [4.78, 5) is 9.52. The molecular weight excluding hydrogens is 760 g/mol. The van der Waals surface area contributed by atoms with E-state index in [2.05, 4.69) is 153 Å². The maximum Gasteiger partial charge on any atom is 2.00 e. The van der Waals surface area contributed by atoms with Crippen LogP contribution in [0.1, 0.15) is 50.7 Å². The molecule has 0 bridgehead atoms. The normalized spacial score (nSPS) is 12.5. The maximum atomic E-state index is 11.1. The molecule has 0 amide bonds. The number of anilines is 3. The van der Waals surface area contributed by atoms with Gasteiger partial charge >= 0.3 is 21.1 Å². The number of hydrogen-bond acceptors (Lipinski definition) is 4. The number of para-hydroxylation sites is 3. The van der Waals surface area contributed by atoms with Crippen LogP contribution in [0.4, 0.5) is 17.1 Å². The van der Waals surface area contributed by atoms with Gasteiger partial charge in [-0.15, -0.1) is 29.8 Å². The molecule has 0 fully saturated rings. The molecule has 1 aromatic heterocycles. The van der Waals surface area contributed by atoms with Crippen molar-refractivity contribution < 1.29 is 26.2 Å². The van der Waals surface area contributed by atoms with Crippen LogP contribution in [0.25, 0.3) is 39.5 Å². The van der Waals surface area contributed by atoms with E-state index < -0.39 is 0 Å². The van der Waals surface area contributed by atoms with Crippen molar-refractivity contribution in [1.82, 2.24) is 9.55 Å². The fraction of sp³-hybridized carbons (Fsp3) is 0.171. The molecule has 0 aliphatic carbocycles. The summed E-state index contributed by atoms with van der Waals surface area (Å²) in [7, 11) is 2.06. The first-order valence-electron chi connectivity index (χ1n) is 15.9. The molecule has 0 spiro atoms. The summed E-state index contributed by atoms with van der Waals surface area (Å²) in [6.07, 6.45) is 2.11. The van der Waals surface area contributed by atoms with Gasteiger partial charge in [-0.2, -0.15) is 6.67 Å². The predicted octanol–water partition coefficient (Wildman–Crippen LogP) is 10.3. The molecule has 1 N–H and O–H groups in total. The van der Waals surface area contributed by atoms with Crippen molar-refractivity contribution in [2.45, 2.75) is 39.5 Å². The Morgan fingerprint density at radius 3 is 2.04 bits per heavy atom. The second kappa shape index (κ2) is 13.3. The summed E-state index contributed by atoms with van der Waals surface area (Å²) in [6, 6.07) is 40.9. The van der Waals surface area contributed by atoms with E-state index in [1.807, 2.05) is 18.2 Å². The van der Waals surface area contributed by atoms with Crippen LogP contribution in [0.3, 0.4) is 0 Å². The standard InChI is InChI=1S/C41H38N4O.Pt/c1-27(2)34-23-31(29-14-7-6-8-15-29)24-35(28(3)4)40(34)44-25-36(42-41(44)33-18-9-12-21-39(33)46)30-16-13-17-32(22-30)45-26-43(5)37-19-10-11-20-38(37)45;/h6-21,23-28,46H,1-5H3;/q-2;+2. The number of nitrogens with zero attached hydrogens (tertiary/aromatic N) is 4. The molecule has 1 aliphatic heterocycles. The second-order valence-electron chi connectivity index (χ2n) is 12.6. The fourth-order valence-corrected chi connectivity index (χ4v) is 6.37. The molecule has 6 heteroatoms. The summed E-state index contributed by atoms with van der Waals surface area (Å²) >= 11 is 0. The number of phenols is 1. The summed E-state index contributed by atoms with van der Waals surface area (Å²) in [5, 5.41) is 11.1. The van der Waals surface area contributed by atoms with Crippen molar-refractivity contribution in [2.24, 2.45) is 0 Å². The zero-order chi connectivity index (χ0) is 31.9. The number of phenolic OH excluding ortho intramolecular Hbond substituents is 1. The third-order valence-electron chi connectivity index (χ3n) is 8.74. The molecule has 0 saturated heterocycles. The minimum atomic E-state index is 0. The monoisotopic (exact) mass is 797 g/mol. The smallest absolute Gasteiger partial charge is 0.507 e. The number of hydrogen-bond donors (Lipinski definition) is 1. The number of fused-ring (bicyclic) bond motifs is 1. The van der Waals surface area contributed by atoms with Crippen LogP contribution < -0.4 is 9.80 Å². The van der Waals surface area contributed by atoms with E-state index in [-0.39, 0.29) is 38.7 Å². The van der Waals surface area contributed by atoms with Crippen molar-refractivity contribution >= 4 is 17.1 Å². The van der Waals surface area contributed by atoms with Crippen LogP contribution in [0.15, 0.2) is 115 Å². The summed E-state index contributed by atoms with van der Waals surface area (Å²) < 4.78 is 2.19. The number of benzene rings is 5. The van der Waals surface area contributed by atoms with Crippen LogP contribution in [0, 0.1) is 12.7 Å². The average Bonchev–Trinajstić information content (AvgIpc) is 3.66. The Labute approximate surface area is 292 Å². The van der Waals surface area contributed by atoms with Crippen LogP contribution >= 0.6 is 0 Å². The number of rotatable bonds is 7.